The van der Waals surface area contributed by atoms with Gasteiger partial charge in [0.2, 0.25) is 0 Å². The van der Waals surface area contributed by atoms with Gasteiger partial charge in [-0.25, -0.2) is 0 Å². The van der Waals surface area contributed by atoms with Gasteiger partial charge in [-0.05, 0) is 18.6 Å². The second-order valence-corrected chi connectivity index (χ2v) is 4.31. The number of ether oxygens (including phenoxy) is 4. The first kappa shape index (κ1) is 12.4. The fourth-order valence-electron chi connectivity index (χ4n) is 1.95. The molecule has 1 unspecified atom stereocenters. The Morgan fingerprint density at radius 1 is 1.26 bits per heavy atom. The third kappa shape index (κ3) is 2.87. The maximum Gasteiger partial charge on any atom is 0.586 e. The molecule has 1 N–H and O–H groups in total. The molecule has 2 heterocycles. The average molecular weight is 273 g/mol. The number of fused-ring (bicyclic) bond motifs is 1. The zero-order valence-corrected chi connectivity index (χ0v) is 10.0. The molecular formula is C12H13F2NO4. The van der Waals surface area contributed by atoms with Crippen LogP contribution < -0.4 is 14.8 Å². The summed E-state index contributed by atoms with van der Waals surface area (Å²) >= 11 is 0. The van der Waals surface area contributed by atoms with Crippen molar-refractivity contribution in [1.82, 2.24) is 0 Å². The molecule has 7 heteroatoms. The molecule has 1 fully saturated rings. The van der Waals surface area contributed by atoms with Crippen LogP contribution in [0.3, 0.4) is 0 Å². The zero-order valence-electron chi connectivity index (χ0n) is 10.0. The van der Waals surface area contributed by atoms with E-state index >= 15 is 0 Å². The first-order chi connectivity index (χ1) is 9.12. The highest BCUT2D eigenvalue weighted by Gasteiger charge is 2.43. The van der Waals surface area contributed by atoms with E-state index in [-0.39, 0.29) is 17.6 Å². The van der Waals surface area contributed by atoms with Gasteiger partial charge in [0.1, 0.15) is 6.79 Å². The van der Waals surface area contributed by atoms with Crippen molar-refractivity contribution in [2.24, 2.45) is 0 Å². The molecule has 1 saturated heterocycles. The average Bonchev–Trinajstić information content (AvgIpc) is 2.70. The van der Waals surface area contributed by atoms with Gasteiger partial charge in [0, 0.05) is 18.3 Å². The highest BCUT2D eigenvalue weighted by atomic mass is 19.3. The van der Waals surface area contributed by atoms with E-state index in [0.717, 1.165) is 6.42 Å². The topological polar surface area (TPSA) is 49.0 Å². The number of anilines is 1. The van der Waals surface area contributed by atoms with Crippen LogP contribution in [-0.4, -0.2) is 32.3 Å². The molecule has 2 aliphatic rings. The van der Waals surface area contributed by atoms with Crippen molar-refractivity contribution in [2.45, 2.75) is 18.8 Å². The lowest BCUT2D eigenvalue weighted by molar-refractivity contribution is -0.286. The van der Waals surface area contributed by atoms with Gasteiger partial charge < -0.3 is 24.3 Å². The van der Waals surface area contributed by atoms with Gasteiger partial charge >= 0.3 is 6.29 Å². The predicted octanol–water partition coefficient (Wildman–Crippen LogP) is 2.18. The second-order valence-electron chi connectivity index (χ2n) is 4.31. The monoisotopic (exact) mass is 273 g/mol. The fourth-order valence-corrected chi connectivity index (χ4v) is 1.95. The predicted molar refractivity (Wildman–Crippen MR) is 61.4 cm³/mol. The van der Waals surface area contributed by atoms with Crippen LogP contribution in [0, 0.1) is 0 Å². The first-order valence-corrected chi connectivity index (χ1v) is 5.95. The van der Waals surface area contributed by atoms with Crippen LogP contribution in [0.1, 0.15) is 6.42 Å². The highest BCUT2D eigenvalue weighted by Crippen LogP contribution is 2.42. The minimum Gasteiger partial charge on any atom is -0.395 e. The number of hydrogen-bond donors (Lipinski definition) is 1. The Bertz CT molecular complexity index is 463. The zero-order chi connectivity index (χ0) is 13.3. The fraction of sp³-hybridized carbons (Fsp3) is 0.500. The summed E-state index contributed by atoms with van der Waals surface area (Å²) in [4.78, 5) is 0. The van der Waals surface area contributed by atoms with Gasteiger partial charge in [-0.1, -0.05) is 0 Å². The number of nitrogens with one attached hydrogen (secondary N) is 1. The first-order valence-electron chi connectivity index (χ1n) is 5.95. The quantitative estimate of drug-likeness (QED) is 0.914. The molecule has 0 radical (unpaired) electrons. The van der Waals surface area contributed by atoms with Crippen LogP contribution in [0.25, 0.3) is 0 Å². The molecule has 2 aliphatic heterocycles. The molecule has 1 atom stereocenters. The minimum atomic E-state index is -3.58. The highest BCUT2D eigenvalue weighted by molar-refractivity contribution is 5.56. The molecule has 0 aliphatic carbocycles. The third-order valence-electron chi connectivity index (χ3n) is 2.91. The lowest BCUT2D eigenvalue weighted by Crippen LogP contribution is -2.30. The van der Waals surface area contributed by atoms with Gasteiger partial charge in [-0.15, -0.1) is 8.78 Å². The van der Waals surface area contributed by atoms with Crippen molar-refractivity contribution < 1.29 is 27.7 Å². The van der Waals surface area contributed by atoms with Crippen molar-refractivity contribution in [2.75, 3.05) is 25.3 Å². The van der Waals surface area contributed by atoms with Crippen molar-refractivity contribution in [1.29, 1.82) is 0 Å². The molecule has 19 heavy (non-hydrogen) atoms. The van der Waals surface area contributed by atoms with Crippen LogP contribution in [0.2, 0.25) is 0 Å². The molecule has 0 bridgehead atoms. The molecule has 0 amide bonds. The Balaban J connectivity index is 1.60. The normalized spacial score (nSPS) is 24.2. The van der Waals surface area contributed by atoms with Crippen LogP contribution in [-0.2, 0) is 9.47 Å². The molecule has 1 aromatic rings. The van der Waals surface area contributed by atoms with Gasteiger partial charge in [0.25, 0.3) is 0 Å². The summed E-state index contributed by atoms with van der Waals surface area (Å²) in [5.41, 5.74) is 0.676. The van der Waals surface area contributed by atoms with Gasteiger partial charge in [0.05, 0.1) is 12.7 Å². The van der Waals surface area contributed by atoms with Gasteiger partial charge in [-0.3, -0.25) is 0 Å². The summed E-state index contributed by atoms with van der Waals surface area (Å²) in [6, 6.07) is 4.59. The Morgan fingerprint density at radius 3 is 2.89 bits per heavy atom. The Morgan fingerprint density at radius 2 is 2.11 bits per heavy atom. The molecule has 104 valence electrons. The molecular weight excluding hydrogens is 260 g/mol. The van der Waals surface area contributed by atoms with Crippen LogP contribution in [0.4, 0.5) is 14.5 Å². The standard InChI is InChI=1S/C12H13F2NO4/c13-12(14)18-10-2-1-8(5-11(10)19-12)15-6-9-3-4-16-7-17-9/h1-2,5,9,15H,3-4,6-7H2. The molecule has 3 rings (SSSR count). The summed E-state index contributed by atoms with van der Waals surface area (Å²) in [5.74, 6) is 0.0702. The van der Waals surface area contributed by atoms with Gasteiger partial charge in [-0.2, -0.15) is 0 Å². The van der Waals surface area contributed by atoms with Crippen LogP contribution in [0.5, 0.6) is 11.5 Å². The Labute approximate surface area is 108 Å². The Hall–Kier alpha value is -1.60. The molecule has 0 spiro atoms. The molecule has 1 aromatic carbocycles. The van der Waals surface area contributed by atoms with E-state index in [4.69, 9.17) is 9.47 Å². The number of hydrogen-bond acceptors (Lipinski definition) is 5. The van der Waals surface area contributed by atoms with E-state index in [1.165, 1.54) is 12.1 Å². The van der Waals surface area contributed by atoms with E-state index in [9.17, 15) is 8.78 Å². The van der Waals surface area contributed by atoms with Crippen molar-refractivity contribution in [3.63, 3.8) is 0 Å². The number of halogens is 2. The summed E-state index contributed by atoms with van der Waals surface area (Å²) < 4.78 is 44.8. The van der Waals surface area contributed by atoms with Crippen LogP contribution >= 0.6 is 0 Å². The van der Waals surface area contributed by atoms with Crippen molar-refractivity contribution >= 4 is 5.69 Å². The lowest BCUT2D eigenvalue weighted by atomic mass is 10.2. The number of benzene rings is 1. The minimum absolute atomic E-state index is 0.0305. The van der Waals surface area contributed by atoms with Gasteiger partial charge in [0.15, 0.2) is 11.5 Å². The maximum atomic E-state index is 12.8. The summed E-state index contributed by atoms with van der Waals surface area (Å²) in [6.45, 7) is 1.54. The van der Waals surface area contributed by atoms with E-state index in [0.29, 0.717) is 25.6 Å². The maximum absolute atomic E-state index is 12.8. The lowest BCUT2D eigenvalue weighted by Gasteiger charge is -2.23. The molecule has 0 saturated carbocycles. The van der Waals surface area contributed by atoms with Crippen LogP contribution in [0.15, 0.2) is 18.2 Å². The SMILES string of the molecule is FC1(F)Oc2ccc(NCC3CCOCO3)cc2O1. The summed E-state index contributed by atoms with van der Waals surface area (Å²) in [7, 11) is 0. The third-order valence-corrected chi connectivity index (χ3v) is 2.91. The largest absolute Gasteiger partial charge is 0.586 e. The van der Waals surface area contributed by atoms with Crippen molar-refractivity contribution in [3.8, 4) is 11.5 Å². The summed E-state index contributed by atoms with van der Waals surface area (Å²) in [6.07, 6.45) is -2.72. The van der Waals surface area contributed by atoms with E-state index in [2.05, 4.69) is 14.8 Å². The van der Waals surface area contributed by atoms with E-state index in [1.54, 1.807) is 6.07 Å². The van der Waals surface area contributed by atoms with Crippen molar-refractivity contribution in [3.05, 3.63) is 18.2 Å². The van der Waals surface area contributed by atoms with E-state index < -0.39 is 6.29 Å². The molecule has 0 aromatic heterocycles. The summed E-state index contributed by atoms with van der Waals surface area (Å²) in [5, 5.41) is 3.11. The second kappa shape index (κ2) is 4.82. The Kier molecular flexibility index (Phi) is 3.16. The number of rotatable bonds is 3. The number of alkyl halides is 2. The smallest absolute Gasteiger partial charge is 0.395 e. The molecule has 5 nitrogen and oxygen atoms in total. The van der Waals surface area contributed by atoms with E-state index in [1.807, 2.05) is 0 Å².